The second-order valence-corrected chi connectivity index (χ2v) is 4.29. The molecule has 1 N–H and O–H groups in total. The predicted molar refractivity (Wildman–Crippen MR) is 73.2 cm³/mol. The zero-order valence-corrected chi connectivity index (χ0v) is 10.0. The molecule has 0 saturated carbocycles. The van der Waals surface area contributed by atoms with Crippen LogP contribution in [-0.4, -0.2) is 4.98 Å². The monoisotopic (exact) mass is 243 g/mol. The maximum atomic E-state index is 8.88. The number of aromatic amines is 1. The normalized spacial score (nSPS) is 10.0. The van der Waals surface area contributed by atoms with Crippen molar-refractivity contribution in [2.75, 3.05) is 0 Å². The van der Waals surface area contributed by atoms with Crippen molar-refractivity contribution < 1.29 is 0 Å². The summed E-state index contributed by atoms with van der Waals surface area (Å²) in [6.07, 6.45) is 0. The van der Waals surface area contributed by atoms with E-state index in [-0.39, 0.29) is 0 Å². The Balaban J connectivity index is 2.10. The van der Waals surface area contributed by atoms with E-state index in [2.05, 4.69) is 17.1 Å². The van der Waals surface area contributed by atoms with E-state index in [9.17, 15) is 0 Å². The van der Waals surface area contributed by atoms with E-state index in [0.29, 0.717) is 11.1 Å². The highest BCUT2D eigenvalue weighted by Gasteiger charge is 2.04. The zero-order chi connectivity index (χ0) is 13.2. The minimum atomic E-state index is 0.640. The molecule has 0 amide bonds. The van der Waals surface area contributed by atoms with E-state index in [1.54, 1.807) is 18.2 Å². The van der Waals surface area contributed by atoms with E-state index >= 15 is 0 Å². The van der Waals surface area contributed by atoms with Crippen LogP contribution in [0.25, 0.3) is 22.2 Å². The Kier molecular flexibility index (Phi) is 2.52. The summed E-state index contributed by atoms with van der Waals surface area (Å²) < 4.78 is 0. The minimum absolute atomic E-state index is 0.640. The van der Waals surface area contributed by atoms with Gasteiger partial charge in [0.15, 0.2) is 0 Å². The van der Waals surface area contributed by atoms with Gasteiger partial charge in [-0.05, 0) is 35.9 Å². The fraction of sp³-hybridized carbons (Fsp3) is 0. The maximum Gasteiger partial charge on any atom is 0.0992 e. The minimum Gasteiger partial charge on any atom is -0.354 e. The lowest BCUT2D eigenvalue weighted by Crippen LogP contribution is -1.78. The van der Waals surface area contributed by atoms with Crippen LogP contribution in [0.4, 0.5) is 0 Å². The van der Waals surface area contributed by atoms with Crippen LogP contribution in [0.5, 0.6) is 0 Å². The van der Waals surface area contributed by atoms with Crippen LogP contribution >= 0.6 is 0 Å². The Morgan fingerprint density at radius 2 is 1.47 bits per heavy atom. The van der Waals surface area contributed by atoms with Crippen LogP contribution in [0.3, 0.4) is 0 Å². The molecular weight excluding hydrogens is 234 g/mol. The molecule has 2 aromatic carbocycles. The first-order chi connectivity index (χ1) is 9.30. The topological polar surface area (TPSA) is 63.4 Å². The second kappa shape index (κ2) is 4.33. The van der Waals surface area contributed by atoms with Gasteiger partial charge in [0.2, 0.25) is 0 Å². The number of aromatic nitrogens is 1. The van der Waals surface area contributed by atoms with Gasteiger partial charge in [0.25, 0.3) is 0 Å². The fourth-order valence-corrected chi connectivity index (χ4v) is 2.08. The molecule has 0 fully saturated rings. The Labute approximate surface area is 110 Å². The Morgan fingerprint density at radius 3 is 2.16 bits per heavy atom. The van der Waals surface area contributed by atoms with Gasteiger partial charge in [0.1, 0.15) is 0 Å². The van der Waals surface area contributed by atoms with Crippen LogP contribution in [0.15, 0.2) is 48.5 Å². The van der Waals surface area contributed by atoms with Crippen LogP contribution in [0.1, 0.15) is 11.1 Å². The van der Waals surface area contributed by atoms with Crippen molar-refractivity contribution in [2.45, 2.75) is 0 Å². The van der Waals surface area contributed by atoms with Gasteiger partial charge in [0.05, 0.1) is 23.3 Å². The molecule has 0 bridgehead atoms. The molecule has 88 valence electrons. The summed E-state index contributed by atoms with van der Waals surface area (Å²) in [5.74, 6) is 0. The van der Waals surface area contributed by atoms with Crippen molar-refractivity contribution in [2.24, 2.45) is 0 Å². The lowest BCUT2D eigenvalue weighted by Gasteiger charge is -1.97. The molecular formula is C16H9N3. The maximum absolute atomic E-state index is 8.88. The molecule has 0 aliphatic rings. The largest absolute Gasteiger partial charge is 0.354 e. The molecule has 0 spiro atoms. The smallest absolute Gasteiger partial charge is 0.0992 e. The molecule has 0 aliphatic carbocycles. The van der Waals surface area contributed by atoms with E-state index in [1.165, 1.54) is 0 Å². The van der Waals surface area contributed by atoms with Gasteiger partial charge in [-0.25, -0.2) is 0 Å². The summed E-state index contributed by atoms with van der Waals surface area (Å²) in [6.45, 7) is 0. The molecule has 0 atom stereocenters. The summed E-state index contributed by atoms with van der Waals surface area (Å²) in [4.78, 5) is 3.29. The van der Waals surface area contributed by atoms with E-state index in [1.807, 2.05) is 30.3 Å². The van der Waals surface area contributed by atoms with E-state index < -0.39 is 0 Å². The van der Waals surface area contributed by atoms with Gasteiger partial charge in [-0.1, -0.05) is 18.2 Å². The first-order valence-corrected chi connectivity index (χ1v) is 5.83. The summed E-state index contributed by atoms with van der Waals surface area (Å²) in [5, 5.41) is 18.7. The van der Waals surface area contributed by atoms with Gasteiger partial charge in [-0.2, -0.15) is 10.5 Å². The Bertz CT molecular complexity index is 827. The van der Waals surface area contributed by atoms with Gasteiger partial charge in [-0.3, -0.25) is 0 Å². The average Bonchev–Trinajstić information content (AvgIpc) is 2.90. The molecule has 19 heavy (non-hydrogen) atoms. The molecule has 3 aromatic rings. The molecule has 3 nitrogen and oxygen atoms in total. The van der Waals surface area contributed by atoms with Gasteiger partial charge >= 0.3 is 0 Å². The third-order valence-corrected chi connectivity index (χ3v) is 3.08. The van der Waals surface area contributed by atoms with Crippen molar-refractivity contribution in [3.05, 3.63) is 59.7 Å². The van der Waals surface area contributed by atoms with Crippen molar-refractivity contribution in [1.82, 2.24) is 4.98 Å². The van der Waals surface area contributed by atoms with Crippen molar-refractivity contribution in [3.63, 3.8) is 0 Å². The number of H-pyrrole nitrogens is 1. The van der Waals surface area contributed by atoms with Gasteiger partial charge < -0.3 is 4.98 Å². The standard InChI is InChI=1S/C16H9N3/c17-9-11-1-4-13(5-2-11)16-8-14-6-3-12(10-18)7-15(14)19-16/h1-8,19H. The summed E-state index contributed by atoms with van der Waals surface area (Å²) in [7, 11) is 0. The van der Waals surface area contributed by atoms with Crippen molar-refractivity contribution in [1.29, 1.82) is 10.5 Å². The molecule has 3 rings (SSSR count). The van der Waals surface area contributed by atoms with Crippen LogP contribution in [0.2, 0.25) is 0 Å². The third-order valence-electron chi connectivity index (χ3n) is 3.08. The first-order valence-electron chi connectivity index (χ1n) is 5.83. The van der Waals surface area contributed by atoms with Crippen molar-refractivity contribution >= 4 is 10.9 Å². The number of nitrogens with zero attached hydrogens (tertiary/aromatic N) is 2. The van der Waals surface area contributed by atoms with Gasteiger partial charge in [-0.15, -0.1) is 0 Å². The highest BCUT2D eigenvalue weighted by Crippen LogP contribution is 2.25. The number of nitriles is 2. The van der Waals surface area contributed by atoms with Crippen molar-refractivity contribution in [3.8, 4) is 23.4 Å². The molecule has 0 radical (unpaired) electrons. The lowest BCUT2D eigenvalue weighted by molar-refractivity contribution is 1.43. The predicted octanol–water partition coefficient (Wildman–Crippen LogP) is 3.58. The molecule has 0 unspecified atom stereocenters. The van der Waals surface area contributed by atoms with E-state index in [4.69, 9.17) is 10.5 Å². The fourth-order valence-electron chi connectivity index (χ4n) is 2.08. The third kappa shape index (κ3) is 1.94. The van der Waals surface area contributed by atoms with E-state index in [0.717, 1.165) is 22.2 Å². The second-order valence-electron chi connectivity index (χ2n) is 4.29. The Morgan fingerprint density at radius 1 is 0.789 bits per heavy atom. The Hall–Kier alpha value is -3.04. The summed E-state index contributed by atoms with van der Waals surface area (Å²) in [6, 6.07) is 19.2. The number of hydrogen-bond acceptors (Lipinski definition) is 2. The average molecular weight is 243 g/mol. The van der Waals surface area contributed by atoms with Crippen LogP contribution in [-0.2, 0) is 0 Å². The van der Waals surface area contributed by atoms with Crippen LogP contribution in [0, 0.1) is 22.7 Å². The molecule has 0 aliphatic heterocycles. The summed E-state index contributed by atoms with van der Waals surface area (Å²) in [5.41, 5.74) is 4.23. The first kappa shape index (κ1) is 11.1. The summed E-state index contributed by atoms with van der Waals surface area (Å²) >= 11 is 0. The molecule has 1 aromatic heterocycles. The van der Waals surface area contributed by atoms with Gasteiger partial charge in [0, 0.05) is 16.6 Å². The molecule has 3 heteroatoms. The quantitative estimate of drug-likeness (QED) is 0.710. The number of hydrogen-bond donors (Lipinski definition) is 1. The molecule has 1 heterocycles. The number of benzene rings is 2. The zero-order valence-electron chi connectivity index (χ0n) is 10.0. The molecule has 0 saturated heterocycles. The highest BCUT2D eigenvalue weighted by atomic mass is 14.7. The van der Waals surface area contributed by atoms with Crippen LogP contribution < -0.4 is 0 Å². The highest BCUT2D eigenvalue weighted by molar-refractivity contribution is 5.86. The lowest BCUT2D eigenvalue weighted by atomic mass is 10.1. The number of nitrogens with one attached hydrogen (secondary N) is 1. The SMILES string of the molecule is N#Cc1ccc(-c2cc3ccc(C#N)cc3[nH]2)cc1. The number of rotatable bonds is 1. The number of fused-ring (bicyclic) bond motifs is 1.